The second kappa shape index (κ2) is 16.4. The van der Waals surface area contributed by atoms with E-state index in [0.717, 1.165) is 5.70 Å². The lowest BCUT2D eigenvalue weighted by atomic mass is 10.1. The zero-order valence-electron chi connectivity index (χ0n) is 26.1. The fourth-order valence-corrected chi connectivity index (χ4v) is 6.42. The first-order valence-electron chi connectivity index (χ1n) is 14.3. The van der Waals surface area contributed by atoms with E-state index in [4.69, 9.17) is 5.11 Å². The second-order valence-electron chi connectivity index (χ2n) is 10.8. The molecule has 2 aromatic rings. The Balaban J connectivity index is 2.50. The summed E-state index contributed by atoms with van der Waals surface area (Å²) in [4.78, 5) is 12.3. The molecule has 0 aliphatic rings. The number of hydrogen-bond acceptors (Lipinski definition) is 8. The summed E-state index contributed by atoms with van der Waals surface area (Å²) in [5, 5.41) is 8.94. The predicted octanol–water partition coefficient (Wildman–Crippen LogP) is 4.79. The van der Waals surface area contributed by atoms with Crippen LogP contribution in [0.4, 0.5) is 11.4 Å². The minimum atomic E-state index is -4.44. The van der Waals surface area contributed by atoms with Crippen molar-refractivity contribution in [3.05, 3.63) is 71.5 Å². The molecule has 0 spiro atoms. The van der Waals surface area contributed by atoms with Crippen LogP contribution >= 0.6 is 0 Å². The maximum Gasteiger partial charge on any atom is 0.303 e. The Hall–Kier alpha value is -3.41. The summed E-state index contributed by atoms with van der Waals surface area (Å²) < 4.78 is 99.1. The van der Waals surface area contributed by atoms with Gasteiger partial charge in [0.1, 0.15) is 6.54 Å². The number of rotatable bonds is 17. The maximum atomic E-state index is 11.6. The Labute approximate surface area is 270 Å². The minimum Gasteiger partial charge on any atom is -0.481 e. The number of carboxylic acid groups (broad SMARTS) is 1. The lowest BCUT2D eigenvalue weighted by molar-refractivity contribution is -0.440. The molecule has 13 nitrogen and oxygen atoms in total. The highest BCUT2D eigenvalue weighted by molar-refractivity contribution is 7.86. The summed E-state index contributed by atoms with van der Waals surface area (Å²) in [6.07, 6.45) is 7.22. The highest BCUT2D eigenvalue weighted by Crippen LogP contribution is 2.27. The first kappa shape index (κ1) is 38.8. The van der Waals surface area contributed by atoms with Crippen molar-refractivity contribution in [2.75, 3.05) is 23.7 Å². The SMILES string of the molecule is C\C(=C/C=C/C(C)=[N+](\CCCS(=O)(=O)O)c1ccc(S(=O)(=O)O)cc1C)N(CCCCCC(=O)O)c1ccc(S(=O)(=O)O)cc1C. The van der Waals surface area contributed by atoms with Crippen molar-refractivity contribution in [3.63, 3.8) is 0 Å². The Morgan fingerprint density at radius 3 is 1.93 bits per heavy atom. The third-order valence-corrected chi connectivity index (χ3v) is 9.60. The van der Waals surface area contributed by atoms with Crippen LogP contribution in [0.15, 0.2) is 70.1 Å². The molecule has 4 N–H and O–H groups in total. The molecule has 0 bridgehead atoms. The van der Waals surface area contributed by atoms with E-state index in [1.54, 1.807) is 43.6 Å². The van der Waals surface area contributed by atoms with E-state index in [0.29, 0.717) is 54.0 Å². The molecule has 2 rings (SSSR count). The Kier molecular flexibility index (Phi) is 13.8. The number of anilines is 1. The zero-order valence-corrected chi connectivity index (χ0v) is 28.6. The Morgan fingerprint density at radius 1 is 0.826 bits per heavy atom. The van der Waals surface area contributed by atoms with Crippen LogP contribution in [0.3, 0.4) is 0 Å². The number of unbranched alkanes of at least 4 members (excludes halogenated alkanes) is 2. The number of nitrogens with zero attached hydrogens (tertiary/aromatic N) is 2. The molecule has 0 radical (unpaired) electrons. The number of carboxylic acids is 1. The molecule has 0 aliphatic heterocycles. The summed E-state index contributed by atoms with van der Waals surface area (Å²) in [6.45, 7) is 7.61. The van der Waals surface area contributed by atoms with Crippen molar-refractivity contribution in [1.82, 2.24) is 0 Å². The van der Waals surface area contributed by atoms with Gasteiger partial charge in [-0.2, -0.15) is 29.8 Å². The molecule has 0 aliphatic carbocycles. The molecule has 0 heterocycles. The summed E-state index contributed by atoms with van der Waals surface area (Å²) in [7, 11) is -13.1. The standard InChI is InChI=1S/C30H40N2O11S3/c1-22-20-26(45(38,39)40)13-15-28(22)31(17-7-5-6-12-30(33)34)24(3)10-8-11-25(4)32(18-9-19-44(35,36)37)29-16-14-27(21-23(29)2)46(41,42)43/h8,10-11,13-16,20-21H,5-7,9,12,17-19H2,1-4H3,(H3-,33,34,35,36,37,38,39,40,41,42,43)/p+1. The molecular weight excluding hydrogens is 661 g/mol. The smallest absolute Gasteiger partial charge is 0.303 e. The second-order valence-corrected chi connectivity index (χ2v) is 15.2. The lowest BCUT2D eigenvalue weighted by Crippen LogP contribution is -2.23. The average Bonchev–Trinajstić information content (AvgIpc) is 2.91. The molecule has 16 heteroatoms. The van der Waals surface area contributed by atoms with Crippen LogP contribution in [0, 0.1) is 13.8 Å². The minimum absolute atomic E-state index is 0.0491. The van der Waals surface area contributed by atoms with Crippen molar-refractivity contribution in [2.45, 2.75) is 69.6 Å². The quantitative estimate of drug-likeness (QED) is 0.0577. The van der Waals surface area contributed by atoms with Gasteiger partial charge in [-0.25, -0.2) is 0 Å². The molecular formula is C30H41N2O11S3+. The monoisotopic (exact) mass is 701 g/mol. The van der Waals surface area contributed by atoms with E-state index >= 15 is 0 Å². The Morgan fingerprint density at radius 2 is 1.41 bits per heavy atom. The van der Waals surface area contributed by atoms with Gasteiger partial charge in [-0.3, -0.25) is 18.5 Å². The van der Waals surface area contributed by atoms with Crippen molar-refractivity contribution >= 4 is 53.4 Å². The van der Waals surface area contributed by atoms with E-state index in [2.05, 4.69) is 0 Å². The van der Waals surface area contributed by atoms with Crippen LogP contribution in [-0.2, 0) is 35.1 Å². The van der Waals surface area contributed by atoms with Gasteiger partial charge in [-0.1, -0.05) is 12.5 Å². The summed E-state index contributed by atoms with van der Waals surface area (Å²) >= 11 is 0. The largest absolute Gasteiger partial charge is 0.481 e. The fraction of sp³-hybridized carbons (Fsp3) is 0.400. The number of aliphatic carboxylic acids is 1. The van der Waals surface area contributed by atoms with Crippen LogP contribution in [0.2, 0.25) is 0 Å². The predicted molar refractivity (Wildman–Crippen MR) is 175 cm³/mol. The van der Waals surface area contributed by atoms with E-state index in [-0.39, 0.29) is 29.2 Å². The van der Waals surface area contributed by atoms with Crippen LogP contribution < -0.4 is 4.90 Å². The van der Waals surface area contributed by atoms with Gasteiger partial charge in [0.15, 0.2) is 5.71 Å². The molecule has 0 saturated heterocycles. The third kappa shape index (κ3) is 12.4. The van der Waals surface area contributed by atoms with Gasteiger partial charge < -0.3 is 10.0 Å². The number of carbonyl (C=O) groups is 1. The molecule has 46 heavy (non-hydrogen) atoms. The molecule has 254 valence electrons. The van der Waals surface area contributed by atoms with Crippen molar-refractivity contribution in [2.24, 2.45) is 0 Å². The maximum absolute atomic E-state index is 11.6. The van der Waals surface area contributed by atoms with Crippen LogP contribution in [0.5, 0.6) is 0 Å². The summed E-state index contributed by atoms with van der Waals surface area (Å²) in [5.74, 6) is -1.36. The molecule has 0 saturated carbocycles. The van der Waals surface area contributed by atoms with E-state index < -0.39 is 42.1 Å². The molecule has 0 amide bonds. The van der Waals surface area contributed by atoms with Gasteiger partial charge in [0, 0.05) is 55.4 Å². The molecule has 0 fully saturated rings. The first-order chi connectivity index (χ1) is 21.2. The number of allylic oxidation sites excluding steroid dienone is 4. The lowest BCUT2D eigenvalue weighted by Gasteiger charge is -2.27. The zero-order chi connectivity index (χ0) is 34.9. The molecule has 0 unspecified atom stereocenters. The van der Waals surface area contributed by atoms with Gasteiger partial charge in [-0.05, 0) is 75.6 Å². The van der Waals surface area contributed by atoms with E-state index in [1.165, 1.54) is 30.3 Å². The number of aryl methyl sites for hydroxylation is 2. The van der Waals surface area contributed by atoms with E-state index in [1.807, 2.05) is 17.9 Å². The molecule has 0 aromatic heterocycles. The van der Waals surface area contributed by atoms with Crippen LogP contribution in [0.25, 0.3) is 0 Å². The highest BCUT2D eigenvalue weighted by Gasteiger charge is 2.20. The number of hydrogen-bond donors (Lipinski definition) is 4. The van der Waals surface area contributed by atoms with Crippen LogP contribution in [0.1, 0.15) is 57.1 Å². The number of benzene rings is 2. The van der Waals surface area contributed by atoms with Crippen molar-refractivity contribution in [3.8, 4) is 0 Å². The highest BCUT2D eigenvalue weighted by atomic mass is 32.2. The fourth-order valence-electron chi connectivity index (χ4n) is 4.79. The van der Waals surface area contributed by atoms with Crippen molar-refractivity contribution < 1.29 is 53.4 Å². The third-order valence-electron chi connectivity index (χ3n) is 7.10. The normalized spacial score (nSPS) is 13.6. The van der Waals surface area contributed by atoms with Gasteiger partial charge in [0.05, 0.1) is 15.5 Å². The summed E-state index contributed by atoms with van der Waals surface area (Å²) in [5.41, 5.74) is 3.75. The topological polar surface area (TPSA) is 207 Å². The van der Waals surface area contributed by atoms with Gasteiger partial charge in [0.2, 0.25) is 5.69 Å². The van der Waals surface area contributed by atoms with Gasteiger partial charge in [-0.15, -0.1) is 0 Å². The van der Waals surface area contributed by atoms with E-state index in [9.17, 15) is 43.7 Å². The van der Waals surface area contributed by atoms with Gasteiger partial charge in [0.25, 0.3) is 30.4 Å². The molecule has 0 atom stereocenters. The van der Waals surface area contributed by atoms with Gasteiger partial charge >= 0.3 is 5.97 Å². The first-order valence-corrected chi connectivity index (χ1v) is 18.8. The molecule has 2 aromatic carbocycles. The summed E-state index contributed by atoms with van der Waals surface area (Å²) in [6, 6.07) is 8.28. The Bertz CT molecular complexity index is 1850. The van der Waals surface area contributed by atoms with Crippen LogP contribution in [-0.4, -0.2) is 79.1 Å². The average molecular weight is 702 g/mol. The van der Waals surface area contributed by atoms with Crippen molar-refractivity contribution in [1.29, 1.82) is 0 Å².